The van der Waals surface area contributed by atoms with E-state index in [0.29, 0.717) is 0 Å². The molecule has 2 unspecified atom stereocenters. The van der Waals surface area contributed by atoms with Gasteiger partial charge < -0.3 is 15.2 Å². The summed E-state index contributed by atoms with van der Waals surface area (Å²) >= 11 is 0. The van der Waals surface area contributed by atoms with Crippen molar-refractivity contribution in [1.82, 2.24) is 0 Å². The Labute approximate surface area is 164 Å². The molecule has 0 saturated carbocycles. The molecule has 0 aromatic heterocycles. The Bertz CT molecular complexity index is 407. The maximum absolute atomic E-state index is 6.43. The van der Waals surface area contributed by atoms with Crippen molar-refractivity contribution in [2.45, 2.75) is 125 Å². The molecule has 0 aromatic carbocycles. The minimum atomic E-state index is -0.157. The molecular formula is C23H49NO2. The molecule has 3 heteroatoms. The molecule has 2 N–H and O–H groups in total. The van der Waals surface area contributed by atoms with Gasteiger partial charge in [-0.2, -0.15) is 0 Å². The summed E-state index contributed by atoms with van der Waals surface area (Å²) in [5.41, 5.74) is 6.39. The van der Waals surface area contributed by atoms with Gasteiger partial charge in [0.15, 0.2) is 0 Å². The number of rotatable bonds is 12. The fraction of sp³-hybridized carbons (Fsp3) is 1.00. The van der Waals surface area contributed by atoms with Gasteiger partial charge in [0.25, 0.3) is 0 Å². The van der Waals surface area contributed by atoms with Gasteiger partial charge in [-0.15, -0.1) is 0 Å². The normalized spacial score (nSPS) is 18.5. The predicted octanol–water partition coefficient (Wildman–Crippen LogP) is 6.34. The second kappa shape index (κ2) is 9.39. The quantitative estimate of drug-likeness (QED) is 0.435. The van der Waals surface area contributed by atoms with E-state index in [1.165, 1.54) is 0 Å². The molecule has 0 saturated heterocycles. The Morgan fingerprint density at radius 1 is 0.731 bits per heavy atom. The van der Waals surface area contributed by atoms with Crippen molar-refractivity contribution >= 4 is 0 Å². The van der Waals surface area contributed by atoms with Crippen molar-refractivity contribution in [3.63, 3.8) is 0 Å². The molecular weight excluding hydrogens is 322 g/mol. The van der Waals surface area contributed by atoms with E-state index in [1.807, 2.05) is 0 Å². The van der Waals surface area contributed by atoms with E-state index in [1.54, 1.807) is 0 Å². The summed E-state index contributed by atoms with van der Waals surface area (Å²) in [6.45, 7) is 25.9. The molecule has 26 heavy (non-hydrogen) atoms. The van der Waals surface area contributed by atoms with Crippen molar-refractivity contribution in [2.75, 3.05) is 13.2 Å². The van der Waals surface area contributed by atoms with E-state index in [-0.39, 0.29) is 27.6 Å². The van der Waals surface area contributed by atoms with E-state index < -0.39 is 0 Å². The first-order chi connectivity index (χ1) is 11.4. The molecule has 0 radical (unpaired) electrons. The Morgan fingerprint density at radius 3 is 1.69 bits per heavy atom. The second-order valence-electron chi connectivity index (χ2n) is 11.5. The van der Waals surface area contributed by atoms with E-state index in [2.05, 4.69) is 76.2 Å². The summed E-state index contributed by atoms with van der Waals surface area (Å²) in [6, 6.07) is 0. The standard InChI is InChI=1S/C23H49NO2/c1-12-22(10,24)16-20(6,7)17-23(11,13-2)25-15-14-21(8,9)26-18-19(3,4)5/h12-18,24H2,1-11H3. The third-order valence-corrected chi connectivity index (χ3v) is 5.34. The van der Waals surface area contributed by atoms with Gasteiger partial charge in [-0.1, -0.05) is 48.5 Å². The van der Waals surface area contributed by atoms with Gasteiger partial charge >= 0.3 is 0 Å². The highest BCUT2D eigenvalue weighted by Gasteiger charge is 2.36. The van der Waals surface area contributed by atoms with E-state index in [9.17, 15) is 0 Å². The molecule has 0 aliphatic rings. The highest BCUT2D eigenvalue weighted by molar-refractivity contribution is 4.90. The Balaban J connectivity index is 4.67. The molecule has 158 valence electrons. The lowest BCUT2D eigenvalue weighted by Gasteiger charge is -2.41. The van der Waals surface area contributed by atoms with Crippen LogP contribution in [0.3, 0.4) is 0 Å². The van der Waals surface area contributed by atoms with Crippen molar-refractivity contribution in [1.29, 1.82) is 0 Å². The van der Waals surface area contributed by atoms with Crippen LogP contribution in [0.4, 0.5) is 0 Å². The Hall–Kier alpha value is -0.120. The molecule has 0 rings (SSSR count). The number of hydrogen-bond acceptors (Lipinski definition) is 3. The summed E-state index contributed by atoms with van der Waals surface area (Å²) in [4.78, 5) is 0. The molecule has 0 aliphatic heterocycles. The van der Waals surface area contributed by atoms with Gasteiger partial charge in [-0.25, -0.2) is 0 Å². The summed E-state index contributed by atoms with van der Waals surface area (Å²) in [6.07, 6.45) is 4.94. The summed E-state index contributed by atoms with van der Waals surface area (Å²) in [5.74, 6) is 0. The first kappa shape index (κ1) is 25.9. The number of nitrogens with two attached hydrogens (primary N) is 1. The van der Waals surface area contributed by atoms with E-state index in [0.717, 1.165) is 45.3 Å². The lowest BCUT2D eigenvalue weighted by molar-refractivity contribution is -0.104. The number of ether oxygens (including phenoxy) is 2. The van der Waals surface area contributed by atoms with Crippen LogP contribution in [0.2, 0.25) is 0 Å². The number of hydrogen-bond donors (Lipinski definition) is 1. The van der Waals surface area contributed by atoms with Gasteiger partial charge in [0.1, 0.15) is 0 Å². The zero-order chi connectivity index (χ0) is 20.9. The molecule has 0 bridgehead atoms. The van der Waals surface area contributed by atoms with Crippen molar-refractivity contribution in [3.05, 3.63) is 0 Å². The maximum Gasteiger partial charge on any atom is 0.0657 e. The van der Waals surface area contributed by atoms with Crippen LogP contribution in [0.1, 0.15) is 108 Å². The monoisotopic (exact) mass is 371 g/mol. The predicted molar refractivity (Wildman–Crippen MR) is 115 cm³/mol. The van der Waals surface area contributed by atoms with Crippen LogP contribution in [0.15, 0.2) is 0 Å². The van der Waals surface area contributed by atoms with Gasteiger partial charge in [0, 0.05) is 5.54 Å². The third kappa shape index (κ3) is 11.6. The van der Waals surface area contributed by atoms with Crippen LogP contribution in [-0.2, 0) is 9.47 Å². The van der Waals surface area contributed by atoms with Gasteiger partial charge in [0.05, 0.1) is 24.4 Å². The summed E-state index contributed by atoms with van der Waals surface area (Å²) in [5, 5.41) is 0. The van der Waals surface area contributed by atoms with Crippen molar-refractivity contribution in [3.8, 4) is 0 Å². The molecule has 2 atom stereocenters. The Morgan fingerprint density at radius 2 is 1.27 bits per heavy atom. The highest BCUT2D eigenvalue weighted by Crippen LogP contribution is 2.39. The van der Waals surface area contributed by atoms with Crippen LogP contribution < -0.4 is 5.73 Å². The lowest BCUT2D eigenvalue weighted by Crippen LogP contribution is -2.43. The van der Waals surface area contributed by atoms with Crippen LogP contribution in [0.25, 0.3) is 0 Å². The highest BCUT2D eigenvalue weighted by atomic mass is 16.5. The molecule has 3 nitrogen and oxygen atoms in total. The van der Waals surface area contributed by atoms with Crippen LogP contribution in [-0.4, -0.2) is 30.0 Å². The maximum atomic E-state index is 6.43. The van der Waals surface area contributed by atoms with Crippen LogP contribution in [0, 0.1) is 10.8 Å². The molecule has 0 amide bonds. The smallest absolute Gasteiger partial charge is 0.0657 e. The van der Waals surface area contributed by atoms with E-state index >= 15 is 0 Å². The molecule has 0 fully saturated rings. The van der Waals surface area contributed by atoms with Gasteiger partial charge in [0.2, 0.25) is 0 Å². The SMILES string of the molecule is CCC(C)(N)CC(C)(C)CC(C)(CC)OCCC(C)(C)OCC(C)(C)C. The van der Waals surface area contributed by atoms with E-state index in [4.69, 9.17) is 15.2 Å². The minimum absolute atomic E-state index is 0.110. The largest absolute Gasteiger partial charge is 0.375 e. The molecule has 0 aromatic rings. The zero-order valence-electron chi connectivity index (χ0n) is 19.8. The van der Waals surface area contributed by atoms with Crippen molar-refractivity contribution < 1.29 is 9.47 Å². The zero-order valence-corrected chi connectivity index (χ0v) is 19.8. The molecule has 0 spiro atoms. The minimum Gasteiger partial charge on any atom is -0.375 e. The average Bonchev–Trinajstić information content (AvgIpc) is 2.42. The average molecular weight is 372 g/mol. The van der Waals surface area contributed by atoms with Gasteiger partial charge in [-0.05, 0) is 70.6 Å². The molecule has 0 heterocycles. The second-order valence-corrected chi connectivity index (χ2v) is 11.5. The van der Waals surface area contributed by atoms with Crippen LogP contribution in [0.5, 0.6) is 0 Å². The van der Waals surface area contributed by atoms with Crippen LogP contribution >= 0.6 is 0 Å². The Kier molecular flexibility index (Phi) is 9.34. The van der Waals surface area contributed by atoms with Gasteiger partial charge in [-0.3, -0.25) is 0 Å². The first-order valence-electron chi connectivity index (χ1n) is 10.5. The molecule has 0 aliphatic carbocycles. The fourth-order valence-electron chi connectivity index (χ4n) is 3.60. The first-order valence-corrected chi connectivity index (χ1v) is 10.5. The third-order valence-electron chi connectivity index (χ3n) is 5.34. The topological polar surface area (TPSA) is 44.5 Å². The summed E-state index contributed by atoms with van der Waals surface area (Å²) in [7, 11) is 0. The van der Waals surface area contributed by atoms with Crippen molar-refractivity contribution in [2.24, 2.45) is 16.6 Å². The summed E-state index contributed by atoms with van der Waals surface area (Å²) < 4.78 is 12.5. The lowest BCUT2D eigenvalue weighted by atomic mass is 9.72. The fourth-order valence-corrected chi connectivity index (χ4v) is 3.60.